The highest BCUT2D eigenvalue weighted by Gasteiger charge is 2.26. The van der Waals surface area contributed by atoms with Gasteiger partial charge in [-0.15, -0.1) is 0 Å². The first kappa shape index (κ1) is 17.9. The molecular weight excluding hydrogens is 258 g/mol. The van der Waals surface area contributed by atoms with Crippen LogP contribution in [0.1, 0.15) is 46.0 Å². The van der Waals surface area contributed by atoms with Gasteiger partial charge in [0.2, 0.25) is 0 Å². The zero-order chi connectivity index (χ0) is 15.0. The predicted molar refractivity (Wildman–Crippen MR) is 78.6 cm³/mol. The normalized spacial score (nSPS) is 25.6. The van der Waals surface area contributed by atoms with Gasteiger partial charge in [0.1, 0.15) is 0 Å². The second-order valence-electron chi connectivity index (χ2n) is 6.24. The monoisotopic (exact) mass is 289 g/mol. The first-order chi connectivity index (χ1) is 9.54. The average molecular weight is 289 g/mol. The molecule has 5 heteroatoms. The summed E-state index contributed by atoms with van der Waals surface area (Å²) in [4.78, 5) is 0. The van der Waals surface area contributed by atoms with E-state index < -0.39 is 11.6 Å². The summed E-state index contributed by atoms with van der Waals surface area (Å²) in [5.74, 6) is 0.615. The van der Waals surface area contributed by atoms with Crippen molar-refractivity contribution >= 4 is 0 Å². The molecule has 1 aliphatic rings. The van der Waals surface area contributed by atoms with Crippen molar-refractivity contribution in [2.24, 2.45) is 5.92 Å². The lowest BCUT2D eigenvalue weighted by Gasteiger charge is -2.32. The number of aliphatic hydroxyl groups is 3. The van der Waals surface area contributed by atoms with Gasteiger partial charge in [0.15, 0.2) is 0 Å². The Morgan fingerprint density at radius 3 is 2.50 bits per heavy atom. The van der Waals surface area contributed by atoms with E-state index >= 15 is 0 Å². The second-order valence-corrected chi connectivity index (χ2v) is 6.24. The summed E-state index contributed by atoms with van der Waals surface area (Å²) in [6.07, 6.45) is 5.59. The molecule has 1 saturated carbocycles. The molecule has 0 radical (unpaired) electrons. The summed E-state index contributed by atoms with van der Waals surface area (Å²) in [5.41, 5.74) is -0.752. The van der Waals surface area contributed by atoms with E-state index in [4.69, 9.17) is 14.9 Å². The standard InChI is InChI=1S/C15H31NO4/c1-3-12-6-4-5-7-14(12)20-9-13(19)8-16-15(2,10-17)11-18/h12-14,16-19H,3-11H2,1-2H3. The van der Waals surface area contributed by atoms with Crippen LogP contribution in [-0.4, -0.2) is 59.4 Å². The van der Waals surface area contributed by atoms with E-state index in [1.807, 2.05) is 0 Å². The Morgan fingerprint density at radius 2 is 1.90 bits per heavy atom. The van der Waals surface area contributed by atoms with Crippen molar-refractivity contribution in [2.75, 3.05) is 26.4 Å². The average Bonchev–Trinajstić information content (AvgIpc) is 2.50. The van der Waals surface area contributed by atoms with Crippen LogP contribution in [0.5, 0.6) is 0 Å². The molecule has 0 amide bonds. The highest BCUT2D eigenvalue weighted by Crippen LogP contribution is 2.29. The maximum Gasteiger partial charge on any atom is 0.0898 e. The third-order valence-electron chi connectivity index (χ3n) is 4.33. The van der Waals surface area contributed by atoms with Gasteiger partial charge < -0.3 is 25.4 Å². The number of hydrogen-bond donors (Lipinski definition) is 4. The highest BCUT2D eigenvalue weighted by atomic mass is 16.5. The van der Waals surface area contributed by atoms with Crippen LogP contribution < -0.4 is 5.32 Å². The number of nitrogens with one attached hydrogen (secondary N) is 1. The topological polar surface area (TPSA) is 82.0 Å². The molecule has 1 rings (SSSR count). The van der Waals surface area contributed by atoms with E-state index in [-0.39, 0.29) is 19.3 Å². The Labute approximate surface area is 122 Å². The van der Waals surface area contributed by atoms with Crippen molar-refractivity contribution in [2.45, 2.75) is 63.7 Å². The van der Waals surface area contributed by atoms with E-state index in [0.717, 1.165) is 12.8 Å². The molecule has 0 aromatic rings. The molecule has 4 N–H and O–H groups in total. The van der Waals surface area contributed by atoms with Crippen LogP contribution in [0, 0.1) is 5.92 Å². The predicted octanol–water partition coefficient (Wildman–Crippen LogP) is 0.666. The van der Waals surface area contributed by atoms with Crippen molar-refractivity contribution in [3.63, 3.8) is 0 Å². The molecule has 3 unspecified atom stereocenters. The minimum absolute atomic E-state index is 0.169. The Bertz CT molecular complexity index is 258. The third-order valence-corrected chi connectivity index (χ3v) is 4.33. The summed E-state index contributed by atoms with van der Waals surface area (Å²) < 4.78 is 5.87. The molecule has 0 saturated heterocycles. The molecule has 0 heterocycles. The van der Waals surface area contributed by atoms with Gasteiger partial charge in [-0.2, -0.15) is 0 Å². The summed E-state index contributed by atoms with van der Waals surface area (Å²) in [6, 6.07) is 0. The molecule has 20 heavy (non-hydrogen) atoms. The van der Waals surface area contributed by atoms with Crippen LogP contribution in [0.25, 0.3) is 0 Å². The first-order valence-corrected chi connectivity index (χ1v) is 7.81. The molecule has 120 valence electrons. The molecule has 5 nitrogen and oxygen atoms in total. The molecule has 0 aliphatic heterocycles. The van der Waals surface area contributed by atoms with E-state index in [0.29, 0.717) is 19.1 Å². The van der Waals surface area contributed by atoms with Crippen molar-refractivity contribution in [1.82, 2.24) is 5.32 Å². The van der Waals surface area contributed by atoms with Crippen LogP contribution in [0.3, 0.4) is 0 Å². The molecule has 0 spiro atoms. The van der Waals surface area contributed by atoms with Crippen LogP contribution >= 0.6 is 0 Å². The fraction of sp³-hybridized carbons (Fsp3) is 1.00. The van der Waals surface area contributed by atoms with Gasteiger partial charge in [0.25, 0.3) is 0 Å². The van der Waals surface area contributed by atoms with E-state index in [9.17, 15) is 5.11 Å². The largest absolute Gasteiger partial charge is 0.394 e. The summed E-state index contributed by atoms with van der Waals surface area (Å²) >= 11 is 0. The Morgan fingerprint density at radius 1 is 1.25 bits per heavy atom. The summed E-state index contributed by atoms with van der Waals surface area (Å²) in [6.45, 7) is 4.19. The molecule has 0 aromatic heterocycles. The smallest absolute Gasteiger partial charge is 0.0898 e. The number of hydrogen-bond acceptors (Lipinski definition) is 5. The lowest BCUT2D eigenvalue weighted by molar-refractivity contribution is -0.0524. The summed E-state index contributed by atoms with van der Waals surface area (Å²) in [7, 11) is 0. The number of rotatable bonds is 9. The molecule has 3 atom stereocenters. The van der Waals surface area contributed by atoms with Crippen molar-refractivity contribution in [3.8, 4) is 0 Å². The van der Waals surface area contributed by atoms with Gasteiger partial charge in [0, 0.05) is 6.54 Å². The molecule has 0 aromatic carbocycles. The maximum absolute atomic E-state index is 9.94. The molecule has 1 aliphatic carbocycles. The lowest BCUT2D eigenvalue weighted by atomic mass is 9.85. The van der Waals surface area contributed by atoms with Gasteiger partial charge >= 0.3 is 0 Å². The third kappa shape index (κ3) is 5.66. The molecule has 1 fully saturated rings. The van der Waals surface area contributed by atoms with Gasteiger partial charge in [-0.05, 0) is 25.7 Å². The second kappa shape index (κ2) is 8.95. The van der Waals surface area contributed by atoms with Gasteiger partial charge in [-0.25, -0.2) is 0 Å². The van der Waals surface area contributed by atoms with Crippen LogP contribution in [0.15, 0.2) is 0 Å². The SMILES string of the molecule is CCC1CCCCC1OCC(O)CNC(C)(CO)CO. The Balaban J connectivity index is 2.26. The van der Waals surface area contributed by atoms with Gasteiger partial charge in [0.05, 0.1) is 37.6 Å². The lowest BCUT2D eigenvalue weighted by Crippen LogP contribution is -2.52. The van der Waals surface area contributed by atoms with Crippen LogP contribution in [-0.2, 0) is 4.74 Å². The summed E-state index contributed by atoms with van der Waals surface area (Å²) in [5, 5.41) is 31.2. The minimum Gasteiger partial charge on any atom is -0.394 e. The molecule has 0 bridgehead atoms. The number of β-amino-alcohol motifs (C(OH)–C–C–N with tert-alkyl or cyclic N) is 1. The minimum atomic E-state index is -0.752. The zero-order valence-corrected chi connectivity index (χ0v) is 12.8. The zero-order valence-electron chi connectivity index (χ0n) is 12.8. The van der Waals surface area contributed by atoms with Crippen molar-refractivity contribution in [1.29, 1.82) is 0 Å². The quantitative estimate of drug-likeness (QED) is 0.501. The Kier molecular flexibility index (Phi) is 7.99. The Hall–Kier alpha value is -0.200. The van der Waals surface area contributed by atoms with Crippen molar-refractivity contribution < 1.29 is 20.1 Å². The van der Waals surface area contributed by atoms with E-state index in [2.05, 4.69) is 12.2 Å². The van der Waals surface area contributed by atoms with Gasteiger partial charge in [-0.3, -0.25) is 0 Å². The van der Waals surface area contributed by atoms with E-state index in [1.54, 1.807) is 6.92 Å². The van der Waals surface area contributed by atoms with Crippen molar-refractivity contribution in [3.05, 3.63) is 0 Å². The highest BCUT2D eigenvalue weighted by molar-refractivity contribution is 4.82. The number of aliphatic hydroxyl groups excluding tert-OH is 3. The first-order valence-electron chi connectivity index (χ1n) is 7.81. The van der Waals surface area contributed by atoms with Crippen LogP contribution in [0.4, 0.5) is 0 Å². The molecular formula is C15H31NO4. The van der Waals surface area contributed by atoms with Gasteiger partial charge in [-0.1, -0.05) is 26.2 Å². The maximum atomic E-state index is 9.94. The van der Waals surface area contributed by atoms with Crippen LogP contribution in [0.2, 0.25) is 0 Å². The fourth-order valence-electron chi connectivity index (χ4n) is 2.68. The fourth-order valence-corrected chi connectivity index (χ4v) is 2.68. The number of ether oxygens (including phenoxy) is 1. The van der Waals surface area contributed by atoms with E-state index in [1.165, 1.54) is 19.3 Å².